The Morgan fingerprint density at radius 1 is 1.25 bits per heavy atom. The number of rotatable bonds is 5. The van der Waals surface area contributed by atoms with Gasteiger partial charge in [0.1, 0.15) is 6.61 Å². The average Bonchev–Trinajstić information content (AvgIpc) is 2.72. The number of carbonyl (C=O) groups is 2. The van der Waals surface area contributed by atoms with Crippen LogP contribution in [0.1, 0.15) is 11.1 Å². The molecule has 0 bridgehead atoms. The number of primary amides is 1. The van der Waals surface area contributed by atoms with Crippen LogP contribution in [0.2, 0.25) is 0 Å². The summed E-state index contributed by atoms with van der Waals surface area (Å²) in [5.41, 5.74) is 10.1. The molecule has 1 aliphatic heterocycles. The minimum absolute atomic E-state index is 0.0320. The molecule has 2 aromatic rings. The maximum Gasteiger partial charge on any atom is 0.404 e. The first-order valence-corrected chi connectivity index (χ1v) is 9.12. The molecule has 0 aliphatic carbocycles. The SMILES string of the molecule is C=CC(=O)N1CCN(c2cnccc2-c2ccc(COC(N)=O)c(C)c2)CC1. The zero-order chi connectivity index (χ0) is 20.1. The molecule has 2 amide bonds. The van der Waals surface area contributed by atoms with E-state index in [2.05, 4.69) is 22.5 Å². The van der Waals surface area contributed by atoms with Crippen LogP contribution in [-0.2, 0) is 16.1 Å². The van der Waals surface area contributed by atoms with Crippen LogP contribution in [0.5, 0.6) is 0 Å². The summed E-state index contributed by atoms with van der Waals surface area (Å²) in [4.78, 5) is 31.0. The lowest BCUT2D eigenvalue weighted by molar-refractivity contribution is -0.126. The fourth-order valence-corrected chi connectivity index (χ4v) is 3.35. The Morgan fingerprint density at radius 2 is 2.00 bits per heavy atom. The number of pyridine rings is 1. The summed E-state index contributed by atoms with van der Waals surface area (Å²) in [7, 11) is 0. The molecule has 2 heterocycles. The third-order valence-corrected chi connectivity index (χ3v) is 4.93. The van der Waals surface area contributed by atoms with Crippen molar-refractivity contribution in [3.05, 3.63) is 60.4 Å². The number of amides is 2. The highest BCUT2D eigenvalue weighted by molar-refractivity contribution is 5.87. The predicted octanol–water partition coefficient (Wildman–Crippen LogP) is 2.49. The van der Waals surface area contributed by atoms with Gasteiger partial charge in [-0.1, -0.05) is 24.8 Å². The van der Waals surface area contributed by atoms with Crippen molar-refractivity contribution >= 4 is 17.7 Å². The summed E-state index contributed by atoms with van der Waals surface area (Å²) in [5, 5.41) is 0. The number of piperazine rings is 1. The maximum absolute atomic E-state index is 11.8. The van der Waals surface area contributed by atoms with Crippen molar-refractivity contribution in [1.82, 2.24) is 9.88 Å². The normalized spacial score (nSPS) is 13.9. The number of aromatic nitrogens is 1. The number of carbonyl (C=O) groups excluding carboxylic acids is 2. The molecule has 1 saturated heterocycles. The fraction of sp³-hybridized carbons (Fsp3) is 0.286. The molecule has 3 rings (SSSR count). The quantitative estimate of drug-likeness (QED) is 0.805. The van der Waals surface area contributed by atoms with Crippen molar-refractivity contribution in [2.45, 2.75) is 13.5 Å². The first-order valence-electron chi connectivity index (χ1n) is 9.12. The molecule has 0 atom stereocenters. The summed E-state index contributed by atoms with van der Waals surface area (Å²) in [5.74, 6) is -0.0320. The Labute approximate surface area is 164 Å². The smallest absolute Gasteiger partial charge is 0.404 e. The molecule has 7 heteroatoms. The van der Waals surface area contributed by atoms with Crippen LogP contribution in [-0.4, -0.2) is 48.1 Å². The number of hydrogen-bond donors (Lipinski definition) is 1. The Hall–Kier alpha value is -3.35. The first-order chi connectivity index (χ1) is 13.5. The second-order valence-corrected chi connectivity index (χ2v) is 6.66. The van der Waals surface area contributed by atoms with Crippen LogP contribution in [0.25, 0.3) is 11.1 Å². The summed E-state index contributed by atoms with van der Waals surface area (Å²) in [6.07, 6.45) is 4.21. The van der Waals surface area contributed by atoms with Crippen LogP contribution >= 0.6 is 0 Å². The maximum atomic E-state index is 11.8. The van der Waals surface area contributed by atoms with Gasteiger partial charge in [0.2, 0.25) is 5.91 Å². The Bertz CT molecular complexity index is 889. The molecule has 0 spiro atoms. The van der Waals surface area contributed by atoms with E-state index < -0.39 is 6.09 Å². The minimum atomic E-state index is -0.783. The molecule has 1 fully saturated rings. The van der Waals surface area contributed by atoms with Crippen LogP contribution in [0, 0.1) is 6.92 Å². The van der Waals surface area contributed by atoms with Crippen molar-refractivity contribution in [3.63, 3.8) is 0 Å². The van der Waals surface area contributed by atoms with E-state index >= 15 is 0 Å². The van der Waals surface area contributed by atoms with Gasteiger partial charge in [-0.2, -0.15) is 0 Å². The monoisotopic (exact) mass is 380 g/mol. The van der Waals surface area contributed by atoms with E-state index in [0.29, 0.717) is 13.1 Å². The number of anilines is 1. The summed E-state index contributed by atoms with van der Waals surface area (Å²) >= 11 is 0. The first kappa shape index (κ1) is 19.4. The molecule has 1 aromatic heterocycles. The van der Waals surface area contributed by atoms with Crippen molar-refractivity contribution in [3.8, 4) is 11.1 Å². The number of benzene rings is 1. The third-order valence-electron chi connectivity index (χ3n) is 4.93. The number of nitrogens with zero attached hydrogens (tertiary/aromatic N) is 3. The van der Waals surface area contributed by atoms with Gasteiger partial charge in [0.05, 0.1) is 11.9 Å². The van der Waals surface area contributed by atoms with Crippen molar-refractivity contribution in [1.29, 1.82) is 0 Å². The van der Waals surface area contributed by atoms with Gasteiger partial charge in [0.25, 0.3) is 0 Å². The lowest BCUT2D eigenvalue weighted by atomic mass is 9.99. The van der Waals surface area contributed by atoms with Gasteiger partial charge in [0.15, 0.2) is 0 Å². The summed E-state index contributed by atoms with van der Waals surface area (Å²) in [6, 6.07) is 8.00. The Morgan fingerprint density at radius 3 is 2.64 bits per heavy atom. The zero-order valence-corrected chi connectivity index (χ0v) is 15.9. The number of ether oxygens (including phenoxy) is 1. The largest absolute Gasteiger partial charge is 0.445 e. The van der Waals surface area contributed by atoms with Gasteiger partial charge in [0, 0.05) is 37.9 Å². The summed E-state index contributed by atoms with van der Waals surface area (Å²) < 4.78 is 4.89. The van der Waals surface area contributed by atoms with E-state index in [-0.39, 0.29) is 12.5 Å². The van der Waals surface area contributed by atoms with E-state index in [9.17, 15) is 9.59 Å². The lowest BCUT2D eigenvalue weighted by Crippen LogP contribution is -2.48. The summed E-state index contributed by atoms with van der Waals surface area (Å²) in [6.45, 7) is 8.47. The average molecular weight is 380 g/mol. The Kier molecular flexibility index (Phi) is 5.93. The van der Waals surface area contributed by atoms with E-state index in [0.717, 1.165) is 41.0 Å². The van der Waals surface area contributed by atoms with Gasteiger partial charge in [-0.05, 0) is 35.8 Å². The van der Waals surface area contributed by atoms with Crippen LogP contribution in [0.4, 0.5) is 10.5 Å². The molecule has 7 nitrogen and oxygen atoms in total. The zero-order valence-electron chi connectivity index (χ0n) is 15.9. The lowest BCUT2D eigenvalue weighted by Gasteiger charge is -2.36. The van der Waals surface area contributed by atoms with E-state index in [1.807, 2.05) is 31.3 Å². The minimum Gasteiger partial charge on any atom is -0.445 e. The van der Waals surface area contributed by atoms with Crippen LogP contribution in [0.3, 0.4) is 0 Å². The second-order valence-electron chi connectivity index (χ2n) is 6.66. The van der Waals surface area contributed by atoms with Gasteiger partial charge in [-0.3, -0.25) is 9.78 Å². The molecule has 146 valence electrons. The number of hydrogen-bond acceptors (Lipinski definition) is 5. The molecule has 2 N–H and O–H groups in total. The van der Waals surface area contributed by atoms with Crippen LogP contribution < -0.4 is 10.6 Å². The second kappa shape index (κ2) is 8.56. The Balaban J connectivity index is 1.81. The molecule has 1 aromatic carbocycles. The number of aryl methyl sites for hydroxylation is 1. The van der Waals surface area contributed by atoms with Gasteiger partial charge < -0.3 is 20.3 Å². The van der Waals surface area contributed by atoms with E-state index in [4.69, 9.17) is 10.5 Å². The third kappa shape index (κ3) is 4.31. The van der Waals surface area contributed by atoms with Gasteiger partial charge >= 0.3 is 6.09 Å². The molecule has 0 saturated carbocycles. The fourth-order valence-electron chi connectivity index (χ4n) is 3.35. The standard InChI is InChI=1S/C21H24N4O3/c1-3-20(26)25-10-8-24(9-11-25)19-13-23-7-6-18(19)16-4-5-17(15(2)12-16)14-28-21(22)27/h3-7,12-13H,1,8-11,14H2,2H3,(H2,22,27). The highest BCUT2D eigenvalue weighted by atomic mass is 16.5. The molecule has 1 aliphatic rings. The van der Waals surface area contributed by atoms with Crippen molar-refractivity contribution < 1.29 is 14.3 Å². The van der Waals surface area contributed by atoms with Gasteiger partial charge in [-0.25, -0.2) is 4.79 Å². The molecule has 28 heavy (non-hydrogen) atoms. The predicted molar refractivity (Wildman–Crippen MR) is 108 cm³/mol. The van der Waals surface area contributed by atoms with Gasteiger partial charge in [-0.15, -0.1) is 0 Å². The molecule has 0 radical (unpaired) electrons. The highest BCUT2D eigenvalue weighted by Gasteiger charge is 2.21. The molecule has 0 unspecified atom stereocenters. The highest BCUT2D eigenvalue weighted by Crippen LogP contribution is 2.32. The topological polar surface area (TPSA) is 88.8 Å². The van der Waals surface area contributed by atoms with Crippen LogP contribution in [0.15, 0.2) is 49.3 Å². The van der Waals surface area contributed by atoms with E-state index in [1.54, 1.807) is 11.1 Å². The number of nitrogens with two attached hydrogens (primary N) is 1. The van der Waals surface area contributed by atoms with Crippen molar-refractivity contribution in [2.75, 3.05) is 31.1 Å². The molecular weight excluding hydrogens is 356 g/mol. The molecular formula is C21H24N4O3. The van der Waals surface area contributed by atoms with E-state index in [1.165, 1.54) is 6.08 Å². The van der Waals surface area contributed by atoms with Crippen molar-refractivity contribution in [2.24, 2.45) is 5.73 Å².